The lowest BCUT2D eigenvalue weighted by Crippen LogP contribution is -2.60. The van der Waals surface area contributed by atoms with Crippen molar-refractivity contribution >= 4 is 5.91 Å². The maximum absolute atomic E-state index is 12.9. The van der Waals surface area contributed by atoms with Gasteiger partial charge in [0, 0.05) is 0 Å². The first-order valence-electron chi connectivity index (χ1n) is 6.82. The lowest BCUT2D eigenvalue weighted by atomic mass is 9.70. The van der Waals surface area contributed by atoms with Crippen LogP contribution in [0.1, 0.15) is 31.2 Å². The van der Waals surface area contributed by atoms with Crippen molar-refractivity contribution in [3.8, 4) is 0 Å². The molecular weight excluding hydrogens is 243 g/mol. The third kappa shape index (κ3) is 2.78. The number of primary amides is 1. The molecule has 1 amide bonds. The molecule has 0 heterocycles. The average molecular weight is 264 g/mol. The summed E-state index contributed by atoms with van der Waals surface area (Å²) in [5.74, 6) is -0.335. The molecule has 1 fully saturated rings. The maximum atomic E-state index is 12.9. The fourth-order valence-electron chi connectivity index (χ4n) is 3.20. The minimum Gasteiger partial charge on any atom is -0.368 e. The number of nitrogens with one attached hydrogen (secondary N) is 1. The summed E-state index contributed by atoms with van der Waals surface area (Å²) < 4.78 is 12.9. The molecule has 3 nitrogen and oxygen atoms in total. The molecule has 0 spiro atoms. The largest absolute Gasteiger partial charge is 0.368 e. The Morgan fingerprint density at radius 3 is 2.68 bits per heavy atom. The van der Waals surface area contributed by atoms with Gasteiger partial charge in [0.25, 0.3) is 0 Å². The van der Waals surface area contributed by atoms with Crippen LogP contribution in [0.5, 0.6) is 0 Å². The number of amides is 1. The van der Waals surface area contributed by atoms with E-state index >= 15 is 0 Å². The number of benzene rings is 1. The van der Waals surface area contributed by atoms with E-state index in [1.165, 1.54) is 12.1 Å². The van der Waals surface area contributed by atoms with Gasteiger partial charge in [0.15, 0.2) is 0 Å². The molecule has 0 aliphatic heterocycles. The quantitative estimate of drug-likeness (QED) is 0.874. The zero-order valence-corrected chi connectivity index (χ0v) is 11.3. The number of nitrogens with two attached hydrogens (primary N) is 1. The molecule has 0 aromatic heterocycles. The predicted octanol–water partition coefficient (Wildman–Crippen LogP) is 2.00. The van der Waals surface area contributed by atoms with Crippen molar-refractivity contribution < 1.29 is 9.18 Å². The second kappa shape index (κ2) is 5.70. The van der Waals surface area contributed by atoms with E-state index in [0.29, 0.717) is 0 Å². The summed E-state index contributed by atoms with van der Waals surface area (Å²) in [6.45, 7) is 0. The van der Waals surface area contributed by atoms with Crippen molar-refractivity contribution in [2.75, 3.05) is 7.05 Å². The van der Waals surface area contributed by atoms with Gasteiger partial charge in [0.2, 0.25) is 5.91 Å². The Labute approximate surface area is 113 Å². The number of likely N-dealkylation sites (N-methyl/N-ethyl adjacent to an activating group) is 1. The standard InChI is InChI=1S/C15H21FN2O/c1-18-15(14(17)19)9-3-2-4-12(15)10-11-5-7-13(16)8-6-11/h5-8,12,18H,2-4,9-10H2,1H3,(H2,17,19)/t12-,15?/m1/s1. The molecule has 1 saturated carbocycles. The third-order valence-electron chi connectivity index (χ3n) is 4.35. The highest BCUT2D eigenvalue weighted by atomic mass is 19.1. The number of rotatable bonds is 4. The summed E-state index contributed by atoms with van der Waals surface area (Å²) in [4.78, 5) is 11.9. The molecule has 0 bridgehead atoms. The first-order chi connectivity index (χ1) is 9.08. The molecule has 1 unspecified atom stereocenters. The van der Waals surface area contributed by atoms with Gasteiger partial charge in [-0.05, 0) is 49.9 Å². The molecule has 1 aromatic carbocycles. The van der Waals surface area contributed by atoms with Gasteiger partial charge >= 0.3 is 0 Å². The van der Waals surface area contributed by atoms with Gasteiger partial charge in [0.05, 0.1) is 0 Å². The first-order valence-corrected chi connectivity index (χ1v) is 6.82. The Kier molecular flexibility index (Phi) is 4.20. The topological polar surface area (TPSA) is 55.1 Å². The number of carbonyl (C=O) groups excluding carboxylic acids is 1. The van der Waals surface area contributed by atoms with Crippen LogP contribution >= 0.6 is 0 Å². The summed E-state index contributed by atoms with van der Waals surface area (Å²) in [5.41, 5.74) is 6.05. The van der Waals surface area contributed by atoms with E-state index in [4.69, 9.17) is 5.73 Å². The summed E-state index contributed by atoms with van der Waals surface area (Å²) >= 11 is 0. The maximum Gasteiger partial charge on any atom is 0.238 e. The van der Waals surface area contributed by atoms with E-state index in [-0.39, 0.29) is 17.6 Å². The summed E-state index contributed by atoms with van der Waals surface area (Å²) in [7, 11) is 1.80. The molecule has 4 heteroatoms. The molecule has 0 saturated heterocycles. The van der Waals surface area contributed by atoms with Crippen LogP contribution in [-0.4, -0.2) is 18.5 Å². The fourth-order valence-corrected chi connectivity index (χ4v) is 3.20. The van der Waals surface area contributed by atoms with E-state index < -0.39 is 5.54 Å². The normalized spacial score (nSPS) is 27.2. The third-order valence-corrected chi connectivity index (χ3v) is 4.35. The number of hydrogen-bond acceptors (Lipinski definition) is 2. The van der Waals surface area contributed by atoms with Crippen LogP contribution < -0.4 is 11.1 Å². The lowest BCUT2D eigenvalue weighted by molar-refractivity contribution is -0.128. The Hall–Kier alpha value is -1.42. The van der Waals surface area contributed by atoms with Crippen molar-refractivity contribution in [1.29, 1.82) is 0 Å². The molecule has 0 radical (unpaired) electrons. The van der Waals surface area contributed by atoms with Gasteiger partial charge in [-0.1, -0.05) is 25.0 Å². The summed E-state index contributed by atoms with van der Waals surface area (Å²) in [6, 6.07) is 6.49. The lowest BCUT2D eigenvalue weighted by Gasteiger charge is -2.41. The van der Waals surface area contributed by atoms with E-state index in [1.807, 2.05) is 0 Å². The molecule has 1 aliphatic carbocycles. The molecule has 1 aromatic rings. The SMILES string of the molecule is CNC1(C(N)=O)CCCC[C@@H]1Cc1ccc(F)cc1. The molecule has 1 aliphatic rings. The van der Waals surface area contributed by atoms with Gasteiger partial charge in [-0.2, -0.15) is 0 Å². The monoisotopic (exact) mass is 264 g/mol. The highest BCUT2D eigenvalue weighted by Crippen LogP contribution is 2.35. The fraction of sp³-hybridized carbons (Fsp3) is 0.533. The second-order valence-electron chi connectivity index (χ2n) is 5.36. The molecule has 104 valence electrons. The molecule has 19 heavy (non-hydrogen) atoms. The molecule has 2 rings (SSSR count). The van der Waals surface area contributed by atoms with Crippen molar-refractivity contribution in [2.24, 2.45) is 11.7 Å². The summed E-state index contributed by atoms with van der Waals surface area (Å²) in [5, 5.41) is 3.15. The van der Waals surface area contributed by atoms with Crippen molar-refractivity contribution in [3.63, 3.8) is 0 Å². The van der Waals surface area contributed by atoms with Gasteiger partial charge in [-0.15, -0.1) is 0 Å². The minimum absolute atomic E-state index is 0.175. The zero-order chi connectivity index (χ0) is 13.9. The highest BCUT2D eigenvalue weighted by Gasteiger charge is 2.44. The van der Waals surface area contributed by atoms with Crippen LogP contribution in [-0.2, 0) is 11.2 Å². The highest BCUT2D eigenvalue weighted by molar-refractivity contribution is 5.85. The van der Waals surface area contributed by atoms with Gasteiger partial charge in [-0.25, -0.2) is 4.39 Å². The smallest absolute Gasteiger partial charge is 0.238 e. The van der Waals surface area contributed by atoms with Crippen LogP contribution in [0.4, 0.5) is 4.39 Å². The van der Waals surface area contributed by atoms with E-state index in [9.17, 15) is 9.18 Å². The second-order valence-corrected chi connectivity index (χ2v) is 5.36. The number of halogens is 1. The summed E-state index contributed by atoms with van der Waals surface area (Å²) in [6.07, 6.45) is 4.64. The van der Waals surface area contributed by atoms with Crippen LogP contribution in [0.3, 0.4) is 0 Å². The van der Waals surface area contributed by atoms with Crippen LogP contribution in [0, 0.1) is 11.7 Å². The zero-order valence-electron chi connectivity index (χ0n) is 11.3. The Balaban J connectivity index is 2.20. The van der Waals surface area contributed by atoms with Crippen molar-refractivity contribution in [2.45, 2.75) is 37.6 Å². The predicted molar refractivity (Wildman–Crippen MR) is 73.0 cm³/mol. The van der Waals surface area contributed by atoms with E-state index in [2.05, 4.69) is 5.32 Å². The Morgan fingerprint density at radius 2 is 2.11 bits per heavy atom. The number of carbonyl (C=O) groups is 1. The number of hydrogen-bond donors (Lipinski definition) is 2. The molecule has 3 N–H and O–H groups in total. The van der Waals surface area contributed by atoms with Crippen LogP contribution in [0.25, 0.3) is 0 Å². The van der Waals surface area contributed by atoms with Crippen molar-refractivity contribution in [3.05, 3.63) is 35.6 Å². The van der Waals surface area contributed by atoms with Gasteiger partial charge in [0.1, 0.15) is 11.4 Å². The first kappa shape index (κ1) is 14.0. The van der Waals surface area contributed by atoms with Crippen molar-refractivity contribution in [1.82, 2.24) is 5.32 Å². The average Bonchev–Trinajstić information content (AvgIpc) is 2.42. The van der Waals surface area contributed by atoms with Crippen LogP contribution in [0.15, 0.2) is 24.3 Å². The minimum atomic E-state index is -0.618. The van der Waals surface area contributed by atoms with Crippen LogP contribution in [0.2, 0.25) is 0 Å². The van der Waals surface area contributed by atoms with Gasteiger partial charge < -0.3 is 11.1 Å². The Morgan fingerprint density at radius 1 is 1.42 bits per heavy atom. The van der Waals surface area contributed by atoms with E-state index in [0.717, 1.165) is 37.7 Å². The molecular formula is C15H21FN2O. The molecule has 2 atom stereocenters. The van der Waals surface area contributed by atoms with Gasteiger partial charge in [-0.3, -0.25) is 4.79 Å². The Bertz CT molecular complexity index is 446. The van der Waals surface area contributed by atoms with E-state index in [1.54, 1.807) is 19.2 Å².